The Morgan fingerprint density at radius 2 is 1.62 bits per heavy atom. The van der Waals surface area contributed by atoms with Crippen molar-refractivity contribution in [3.63, 3.8) is 0 Å². The highest BCUT2D eigenvalue weighted by Crippen LogP contribution is 2.31. The minimum Gasteiger partial charge on any atom is -0.493 e. The summed E-state index contributed by atoms with van der Waals surface area (Å²) in [5.74, 6) is 1.64. The van der Waals surface area contributed by atoms with E-state index in [2.05, 4.69) is 10.1 Å². The van der Waals surface area contributed by atoms with E-state index in [9.17, 15) is 9.59 Å². The molecule has 4 aromatic rings. The van der Waals surface area contributed by atoms with Crippen LogP contribution >= 0.6 is 0 Å². The van der Waals surface area contributed by atoms with Gasteiger partial charge >= 0.3 is 11.1 Å². The van der Waals surface area contributed by atoms with E-state index in [4.69, 9.17) is 14.0 Å². The average Bonchev–Trinajstić information content (AvgIpc) is 3.24. The smallest absolute Gasteiger partial charge is 0.320 e. The molecule has 0 fully saturated rings. The first-order chi connectivity index (χ1) is 15.4. The van der Waals surface area contributed by atoms with Crippen molar-refractivity contribution in [3.05, 3.63) is 86.5 Å². The Kier molecular flexibility index (Phi) is 5.63. The molecule has 0 atom stereocenters. The number of aromatic nitrogens is 4. The number of nitrogens with zero attached hydrogens (tertiary/aromatic N) is 4. The van der Waals surface area contributed by atoms with Crippen LogP contribution in [0.4, 0.5) is 0 Å². The van der Waals surface area contributed by atoms with E-state index in [0.717, 1.165) is 11.1 Å². The molecule has 2 aromatic heterocycles. The van der Waals surface area contributed by atoms with Gasteiger partial charge in [0, 0.05) is 23.6 Å². The normalized spacial score (nSPS) is 10.9. The third kappa shape index (κ3) is 4.04. The molecule has 0 spiro atoms. The van der Waals surface area contributed by atoms with Crippen LogP contribution in [0.1, 0.15) is 17.0 Å². The van der Waals surface area contributed by atoms with Crippen molar-refractivity contribution in [1.29, 1.82) is 0 Å². The first-order valence-electron chi connectivity index (χ1n) is 9.85. The van der Waals surface area contributed by atoms with Crippen LogP contribution in [0.3, 0.4) is 0 Å². The van der Waals surface area contributed by atoms with Gasteiger partial charge in [0.2, 0.25) is 11.7 Å². The minimum absolute atomic E-state index is 0.0257. The molecule has 9 nitrogen and oxygen atoms in total. The fourth-order valence-corrected chi connectivity index (χ4v) is 3.48. The minimum atomic E-state index is -0.683. The molecular formula is C23H22N4O5. The fraction of sp³-hybridized carbons (Fsp3) is 0.217. The second-order valence-corrected chi connectivity index (χ2v) is 7.33. The molecule has 164 valence electrons. The summed E-state index contributed by atoms with van der Waals surface area (Å²) in [4.78, 5) is 29.7. The summed E-state index contributed by atoms with van der Waals surface area (Å²) in [5.41, 5.74) is 1.98. The molecule has 0 aliphatic rings. The van der Waals surface area contributed by atoms with Gasteiger partial charge in [0.05, 0.1) is 14.2 Å². The molecule has 0 aliphatic heterocycles. The Labute approximate surface area is 183 Å². The maximum atomic E-state index is 12.7. The van der Waals surface area contributed by atoms with Gasteiger partial charge in [-0.1, -0.05) is 11.2 Å². The van der Waals surface area contributed by atoms with Crippen molar-refractivity contribution >= 4 is 0 Å². The Hall–Kier alpha value is -4.14. The third-order valence-electron chi connectivity index (χ3n) is 4.96. The summed E-state index contributed by atoms with van der Waals surface area (Å²) in [6.45, 7) is 3.85. The SMILES string of the molecule is COc1ccc(-c2noc(Cn3ccn(-c4cc(C)cc(C)c4)c(=O)c3=O)n2)cc1OC. The molecule has 0 aliphatic carbocycles. The summed E-state index contributed by atoms with van der Waals surface area (Å²) >= 11 is 0. The summed E-state index contributed by atoms with van der Waals surface area (Å²) in [7, 11) is 3.09. The number of rotatable bonds is 6. The van der Waals surface area contributed by atoms with Crippen LogP contribution in [0.15, 0.2) is 62.9 Å². The first kappa shape index (κ1) is 21.1. The number of hydrogen-bond donors (Lipinski definition) is 0. The van der Waals surface area contributed by atoms with Crippen molar-refractivity contribution < 1.29 is 14.0 Å². The summed E-state index contributed by atoms with van der Waals surface area (Å²) in [5, 5.41) is 3.97. The van der Waals surface area contributed by atoms with Crippen molar-refractivity contribution in [2.75, 3.05) is 14.2 Å². The number of aryl methyl sites for hydroxylation is 2. The van der Waals surface area contributed by atoms with Crippen LogP contribution in [-0.2, 0) is 6.54 Å². The first-order valence-corrected chi connectivity index (χ1v) is 9.85. The lowest BCUT2D eigenvalue weighted by molar-refractivity contribution is 0.355. The molecule has 0 unspecified atom stereocenters. The van der Waals surface area contributed by atoms with Gasteiger partial charge < -0.3 is 14.0 Å². The molecular weight excluding hydrogens is 412 g/mol. The van der Waals surface area contributed by atoms with Crippen molar-refractivity contribution in [2.45, 2.75) is 20.4 Å². The molecule has 32 heavy (non-hydrogen) atoms. The Bertz CT molecular complexity index is 1380. The molecule has 2 aromatic carbocycles. The lowest BCUT2D eigenvalue weighted by Gasteiger charge is -2.09. The Morgan fingerprint density at radius 3 is 2.31 bits per heavy atom. The van der Waals surface area contributed by atoms with Crippen LogP contribution in [0.5, 0.6) is 11.5 Å². The maximum Gasteiger partial charge on any atom is 0.320 e. The van der Waals surface area contributed by atoms with E-state index in [0.29, 0.717) is 28.6 Å². The Morgan fingerprint density at radius 1 is 0.906 bits per heavy atom. The van der Waals surface area contributed by atoms with Crippen LogP contribution in [0.2, 0.25) is 0 Å². The molecule has 0 amide bonds. The van der Waals surface area contributed by atoms with Crippen molar-refractivity contribution in [1.82, 2.24) is 19.3 Å². The average molecular weight is 434 g/mol. The number of hydrogen-bond acceptors (Lipinski definition) is 7. The molecule has 4 rings (SSSR count). The predicted octanol–water partition coefficient (Wildman–Crippen LogP) is 2.73. The molecule has 0 saturated carbocycles. The fourth-order valence-electron chi connectivity index (χ4n) is 3.48. The van der Waals surface area contributed by atoms with Gasteiger partial charge in [0.25, 0.3) is 0 Å². The second-order valence-electron chi connectivity index (χ2n) is 7.33. The molecule has 9 heteroatoms. The third-order valence-corrected chi connectivity index (χ3v) is 4.96. The van der Waals surface area contributed by atoms with Crippen LogP contribution < -0.4 is 20.6 Å². The van der Waals surface area contributed by atoms with E-state index >= 15 is 0 Å². The number of benzene rings is 2. The van der Waals surface area contributed by atoms with Crippen molar-refractivity contribution in [2.24, 2.45) is 0 Å². The zero-order valence-electron chi connectivity index (χ0n) is 18.2. The maximum absolute atomic E-state index is 12.7. The van der Waals surface area contributed by atoms with Gasteiger partial charge in [-0.25, -0.2) is 0 Å². The molecule has 2 heterocycles. The van der Waals surface area contributed by atoms with Gasteiger partial charge in [0.1, 0.15) is 6.54 Å². The van der Waals surface area contributed by atoms with Gasteiger partial charge in [-0.3, -0.25) is 18.7 Å². The lowest BCUT2D eigenvalue weighted by atomic mass is 10.1. The number of ether oxygens (including phenoxy) is 2. The largest absolute Gasteiger partial charge is 0.493 e. The monoisotopic (exact) mass is 434 g/mol. The highest BCUT2D eigenvalue weighted by atomic mass is 16.5. The standard InChI is InChI=1S/C23H22N4O5/c1-14-9-15(2)11-17(10-14)27-8-7-26(22(28)23(27)29)13-20-24-21(25-32-20)16-5-6-18(30-3)19(12-16)31-4/h5-12H,13H2,1-4H3. The zero-order valence-corrected chi connectivity index (χ0v) is 18.2. The zero-order chi connectivity index (χ0) is 22.8. The number of methoxy groups -OCH3 is 2. The molecule has 0 saturated heterocycles. The van der Waals surface area contributed by atoms with Gasteiger partial charge in [-0.15, -0.1) is 0 Å². The lowest BCUT2D eigenvalue weighted by Crippen LogP contribution is -2.40. The van der Waals surface area contributed by atoms with Crippen LogP contribution in [0, 0.1) is 13.8 Å². The van der Waals surface area contributed by atoms with Gasteiger partial charge in [-0.05, 0) is 55.3 Å². The quantitative estimate of drug-likeness (QED) is 0.430. The second kappa shape index (κ2) is 8.54. The van der Waals surface area contributed by atoms with E-state index < -0.39 is 11.1 Å². The van der Waals surface area contributed by atoms with Crippen LogP contribution in [-0.4, -0.2) is 33.5 Å². The van der Waals surface area contributed by atoms with E-state index in [-0.39, 0.29) is 12.4 Å². The van der Waals surface area contributed by atoms with E-state index in [1.54, 1.807) is 31.5 Å². The topological polar surface area (TPSA) is 101 Å². The van der Waals surface area contributed by atoms with Gasteiger partial charge in [0.15, 0.2) is 11.5 Å². The van der Waals surface area contributed by atoms with Crippen molar-refractivity contribution in [3.8, 4) is 28.6 Å². The van der Waals surface area contributed by atoms with E-state index in [1.165, 1.54) is 22.4 Å². The molecule has 0 N–H and O–H groups in total. The highest BCUT2D eigenvalue weighted by Gasteiger charge is 2.14. The van der Waals surface area contributed by atoms with E-state index in [1.807, 2.05) is 32.0 Å². The Balaban J connectivity index is 1.62. The highest BCUT2D eigenvalue weighted by molar-refractivity contribution is 5.60. The summed E-state index contributed by atoms with van der Waals surface area (Å²) < 4.78 is 18.4. The summed E-state index contributed by atoms with van der Waals surface area (Å²) in [6, 6.07) is 10.9. The molecule has 0 radical (unpaired) electrons. The summed E-state index contributed by atoms with van der Waals surface area (Å²) in [6.07, 6.45) is 3.09. The predicted molar refractivity (Wildman–Crippen MR) is 118 cm³/mol. The van der Waals surface area contributed by atoms with Crippen LogP contribution in [0.25, 0.3) is 17.1 Å². The van der Waals surface area contributed by atoms with Gasteiger partial charge in [-0.2, -0.15) is 4.98 Å². The molecule has 0 bridgehead atoms.